The Morgan fingerprint density at radius 1 is 1.33 bits per heavy atom. The van der Waals surface area contributed by atoms with Crippen LogP contribution in [0.25, 0.3) is 0 Å². The van der Waals surface area contributed by atoms with E-state index in [1.54, 1.807) is 11.9 Å². The lowest BCUT2D eigenvalue weighted by Crippen LogP contribution is -2.45. The summed E-state index contributed by atoms with van der Waals surface area (Å²) in [5.74, 6) is -0.832. The van der Waals surface area contributed by atoms with E-state index in [-0.39, 0.29) is 17.9 Å². The number of aromatic nitrogens is 2. The number of likely N-dealkylation sites (tertiary alicyclic amines) is 2. The van der Waals surface area contributed by atoms with E-state index in [4.69, 9.17) is 4.74 Å². The van der Waals surface area contributed by atoms with Gasteiger partial charge in [-0.05, 0) is 38.9 Å². The fourth-order valence-corrected chi connectivity index (χ4v) is 5.63. The molecule has 2 unspecified atom stereocenters. The number of aryl methyl sites for hydroxylation is 1. The summed E-state index contributed by atoms with van der Waals surface area (Å²) in [6, 6.07) is 1.94. The van der Waals surface area contributed by atoms with Crippen molar-refractivity contribution < 1.29 is 14.3 Å². The first-order valence-electron chi connectivity index (χ1n) is 11.1. The average molecular weight is 414 g/mol. The molecule has 0 radical (unpaired) electrons. The van der Waals surface area contributed by atoms with Gasteiger partial charge in [0.15, 0.2) is 0 Å². The SMILES string of the molecule is Cc1cc(CN(C)C(=O)C2C3C(=O)N(CCN4CCCCC4)C[C@]34C=C[C@H]2O4)n[nH]1. The van der Waals surface area contributed by atoms with Crippen LogP contribution in [0, 0.1) is 18.8 Å². The molecule has 4 atom stereocenters. The maximum absolute atomic E-state index is 13.3. The summed E-state index contributed by atoms with van der Waals surface area (Å²) in [5, 5.41) is 7.14. The summed E-state index contributed by atoms with van der Waals surface area (Å²) in [6.07, 6.45) is 7.49. The summed E-state index contributed by atoms with van der Waals surface area (Å²) in [6.45, 7) is 6.76. The molecular formula is C22H31N5O3. The minimum Gasteiger partial charge on any atom is -0.360 e. The van der Waals surface area contributed by atoms with Gasteiger partial charge in [0.25, 0.3) is 0 Å². The van der Waals surface area contributed by atoms with Gasteiger partial charge in [-0.3, -0.25) is 14.7 Å². The number of carbonyl (C=O) groups is 2. The second kappa shape index (κ2) is 7.50. The van der Waals surface area contributed by atoms with E-state index in [0.29, 0.717) is 19.6 Å². The summed E-state index contributed by atoms with van der Waals surface area (Å²) < 4.78 is 6.26. The van der Waals surface area contributed by atoms with Crippen molar-refractivity contribution in [3.05, 3.63) is 29.6 Å². The van der Waals surface area contributed by atoms with Crippen LogP contribution in [-0.4, -0.2) is 88.2 Å². The Kier molecular flexibility index (Phi) is 4.94. The lowest BCUT2D eigenvalue weighted by Gasteiger charge is -2.29. The monoisotopic (exact) mass is 413 g/mol. The Morgan fingerprint density at radius 3 is 2.87 bits per heavy atom. The van der Waals surface area contributed by atoms with Crippen LogP contribution in [0.3, 0.4) is 0 Å². The molecule has 5 heterocycles. The smallest absolute Gasteiger partial charge is 0.230 e. The Labute approximate surface area is 177 Å². The number of nitrogens with zero attached hydrogens (tertiary/aromatic N) is 4. The minimum absolute atomic E-state index is 0.0388. The number of piperidine rings is 1. The first-order valence-corrected chi connectivity index (χ1v) is 11.1. The highest BCUT2D eigenvalue weighted by molar-refractivity contribution is 5.93. The van der Waals surface area contributed by atoms with Gasteiger partial charge in [0.1, 0.15) is 5.60 Å². The number of fused-ring (bicyclic) bond motifs is 1. The molecule has 8 nitrogen and oxygen atoms in total. The Morgan fingerprint density at radius 2 is 2.13 bits per heavy atom. The molecule has 1 spiro atoms. The quantitative estimate of drug-likeness (QED) is 0.702. The summed E-state index contributed by atoms with van der Waals surface area (Å²) in [5.41, 5.74) is 1.15. The molecule has 1 aromatic rings. The number of rotatable bonds is 6. The molecule has 5 rings (SSSR count). The van der Waals surface area contributed by atoms with Crippen molar-refractivity contribution >= 4 is 11.8 Å². The number of hydrogen-bond acceptors (Lipinski definition) is 5. The van der Waals surface area contributed by atoms with Gasteiger partial charge < -0.3 is 19.4 Å². The van der Waals surface area contributed by atoms with Crippen LogP contribution in [0.15, 0.2) is 18.2 Å². The van der Waals surface area contributed by atoms with E-state index in [0.717, 1.165) is 31.0 Å². The maximum atomic E-state index is 13.3. The molecule has 2 amide bonds. The Hall–Kier alpha value is -2.19. The van der Waals surface area contributed by atoms with E-state index in [9.17, 15) is 9.59 Å². The molecule has 3 fully saturated rings. The van der Waals surface area contributed by atoms with Crippen molar-refractivity contribution in [2.45, 2.75) is 44.4 Å². The molecule has 0 aromatic carbocycles. The fraction of sp³-hybridized carbons (Fsp3) is 0.682. The molecule has 2 bridgehead atoms. The number of amides is 2. The standard InChI is InChI=1S/C22H31N5O3/c1-15-12-16(24-23-15)13-25(2)20(28)18-17-6-7-22(30-17)14-27(21(29)19(18)22)11-10-26-8-4-3-5-9-26/h6-7,12,17-19H,3-5,8-11,13-14H2,1-2H3,(H,23,24)/t17-,18?,19?,22-/m1/s1. The van der Waals surface area contributed by atoms with Gasteiger partial charge in [0.05, 0.1) is 36.7 Å². The number of carbonyl (C=O) groups excluding carboxylic acids is 2. The minimum atomic E-state index is -0.631. The van der Waals surface area contributed by atoms with Gasteiger partial charge in [-0.25, -0.2) is 0 Å². The first-order chi connectivity index (χ1) is 14.5. The summed E-state index contributed by atoms with van der Waals surface area (Å²) >= 11 is 0. The van der Waals surface area contributed by atoms with Gasteiger partial charge in [0, 0.05) is 25.8 Å². The molecule has 0 aliphatic carbocycles. The molecule has 3 saturated heterocycles. The van der Waals surface area contributed by atoms with Crippen LogP contribution in [0.2, 0.25) is 0 Å². The fourth-order valence-electron chi connectivity index (χ4n) is 5.63. The molecule has 4 aliphatic heterocycles. The average Bonchev–Trinajstić information content (AvgIpc) is 3.48. The number of H-pyrrole nitrogens is 1. The van der Waals surface area contributed by atoms with Crippen LogP contribution in [0.1, 0.15) is 30.7 Å². The van der Waals surface area contributed by atoms with Gasteiger partial charge in [-0.2, -0.15) is 5.10 Å². The Bertz CT molecular complexity index is 861. The van der Waals surface area contributed by atoms with Gasteiger partial charge in [-0.1, -0.05) is 18.6 Å². The number of ether oxygens (including phenoxy) is 1. The highest BCUT2D eigenvalue weighted by atomic mass is 16.5. The topological polar surface area (TPSA) is 81.8 Å². The zero-order chi connectivity index (χ0) is 20.9. The molecule has 8 heteroatoms. The van der Waals surface area contributed by atoms with E-state index in [2.05, 4.69) is 15.1 Å². The maximum Gasteiger partial charge on any atom is 0.230 e. The molecule has 1 N–H and O–H groups in total. The lowest BCUT2D eigenvalue weighted by atomic mass is 9.76. The third-order valence-corrected chi connectivity index (χ3v) is 7.13. The van der Waals surface area contributed by atoms with Crippen molar-refractivity contribution in [1.82, 2.24) is 24.9 Å². The second-order valence-electron chi connectivity index (χ2n) is 9.30. The number of hydrogen-bond donors (Lipinski definition) is 1. The molecule has 1 aromatic heterocycles. The van der Waals surface area contributed by atoms with Crippen LogP contribution < -0.4 is 0 Å². The zero-order valence-electron chi connectivity index (χ0n) is 17.8. The number of nitrogens with one attached hydrogen (secondary N) is 1. The zero-order valence-corrected chi connectivity index (χ0v) is 17.8. The van der Waals surface area contributed by atoms with Crippen LogP contribution in [0.5, 0.6) is 0 Å². The largest absolute Gasteiger partial charge is 0.360 e. The second-order valence-corrected chi connectivity index (χ2v) is 9.30. The van der Waals surface area contributed by atoms with Crippen molar-refractivity contribution in [2.24, 2.45) is 11.8 Å². The van der Waals surface area contributed by atoms with Crippen molar-refractivity contribution in [1.29, 1.82) is 0 Å². The number of aromatic amines is 1. The van der Waals surface area contributed by atoms with Crippen molar-refractivity contribution in [2.75, 3.05) is 39.8 Å². The van der Waals surface area contributed by atoms with Crippen molar-refractivity contribution in [3.8, 4) is 0 Å². The third kappa shape index (κ3) is 3.26. The van der Waals surface area contributed by atoms with Crippen LogP contribution >= 0.6 is 0 Å². The third-order valence-electron chi connectivity index (χ3n) is 7.13. The predicted octanol–water partition coefficient (Wildman–Crippen LogP) is 0.944. The molecule has 0 saturated carbocycles. The van der Waals surface area contributed by atoms with Crippen molar-refractivity contribution in [3.63, 3.8) is 0 Å². The van der Waals surface area contributed by atoms with E-state index >= 15 is 0 Å². The first kappa shape index (κ1) is 19.8. The molecular weight excluding hydrogens is 382 g/mol. The normalized spacial score (nSPS) is 32.8. The van der Waals surface area contributed by atoms with Gasteiger partial charge in [-0.15, -0.1) is 0 Å². The Balaban J connectivity index is 1.27. The van der Waals surface area contributed by atoms with E-state index in [1.165, 1.54) is 19.3 Å². The predicted molar refractivity (Wildman–Crippen MR) is 110 cm³/mol. The molecule has 162 valence electrons. The van der Waals surface area contributed by atoms with E-state index < -0.39 is 17.4 Å². The van der Waals surface area contributed by atoms with E-state index in [1.807, 2.05) is 30.0 Å². The van der Waals surface area contributed by atoms with Crippen LogP contribution in [-0.2, 0) is 20.9 Å². The van der Waals surface area contributed by atoms with Gasteiger partial charge in [0.2, 0.25) is 11.8 Å². The van der Waals surface area contributed by atoms with Crippen LogP contribution in [0.4, 0.5) is 0 Å². The summed E-state index contributed by atoms with van der Waals surface area (Å²) in [7, 11) is 1.78. The summed E-state index contributed by atoms with van der Waals surface area (Å²) in [4.78, 5) is 32.7. The lowest BCUT2D eigenvalue weighted by molar-refractivity contribution is -0.142. The molecule has 30 heavy (non-hydrogen) atoms. The molecule has 4 aliphatic rings. The highest BCUT2D eigenvalue weighted by Gasteiger charge is 2.67. The highest BCUT2D eigenvalue weighted by Crippen LogP contribution is 2.52. The van der Waals surface area contributed by atoms with Gasteiger partial charge >= 0.3 is 0 Å².